The van der Waals surface area contributed by atoms with E-state index < -0.39 is 17.7 Å². The Balaban J connectivity index is 2.86. The van der Waals surface area contributed by atoms with Crippen LogP contribution < -0.4 is 5.32 Å². The molecule has 1 rings (SSSR count). The molecule has 0 saturated heterocycles. The molecule has 0 bridgehead atoms. The normalized spacial score (nSPS) is 11.4. The van der Waals surface area contributed by atoms with E-state index in [2.05, 4.69) is 10.1 Å². The fourth-order valence-corrected chi connectivity index (χ4v) is 2.57. The number of nitrogens with one attached hydrogen (secondary N) is 1. The van der Waals surface area contributed by atoms with E-state index >= 15 is 0 Å². The number of thioether (sulfide) groups is 1. The molecule has 0 aliphatic carbocycles. The molecular formula is C13H16F3NO2S. The molecule has 0 heterocycles. The van der Waals surface area contributed by atoms with Crippen LogP contribution in [0.25, 0.3) is 0 Å². The first-order chi connectivity index (χ1) is 9.38. The number of benzene rings is 1. The number of rotatable bonds is 6. The Labute approximate surface area is 119 Å². The Morgan fingerprint density at radius 2 is 2.10 bits per heavy atom. The first kappa shape index (κ1) is 16.8. The Morgan fingerprint density at radius 3 is 2.65 bits per heavy atom. The highest BCUT2D eigenvalue weighted by Crippen LogP contribution is 2.37. The molecule has 20 heavy (non-hydrogen) atoms. The smallest absolute Gasteiger partial charge is 0.417 e. The summed E-state index contributed by atoms with van der Waals surface area (Å²) in [5.74, 6) is -0.181. The van der Waals surface area contributed by atoms with Gasteiger partial charge in [0.2, 0.25) is 0 Å². The van der Waals surface area contributed by atoms with Crippen molar-refractivity contribution in [3.8, 4) is 0 Å². The topological polar surface area (TPSA) is 38.3 Å². The van der Waals surface area contributed by atoms with Crippen molar-refractivity contribution in [3.63, 3.8) is 0 Å². The molecule has 0 atom stereocenters. The van der Waals surface area contributed by atoms with Crippen LogP contribution in [-0.2, 0) is 22.3 Å². The van der Waals surface area contributed by atoms with Crippen molar-refractivity contribution in [1.29, 1.82) is 0 Å². The zero-order valence-electron chi connectivity index (χ0n) is 11.2. The molecule has 0 aromatic heterocycles. The summed E-state index contributed by atoms with van der Waals surface area (Å²) in [5, 5.41) is 2.81. The van der Waals surface area contributed by atoms with Crippen molar-refractivity contribution >= 4 is 17.7 Å². The molecule has 7 heteroatoms. The minimum Gasteiger partial charge on any atom is -0.469 e. The van der Waals surface area contributed by atoms with Gasteiger partial charge in [0.15, 0.2) is 0 Å². The summed E-state index contributed by atoms with van der Waals surface area (Å²) in [4.78, 5) is 11.1. The van der Waals surface area contributed by atoms with Gasteiger partial charge in [-0.25, -0.2) is 0 Å². The molecule has 0 saturated carbocycles. The van der Waals surface area contributed by atoms with Crippen LogP contribution >= 0.6 is 11.8 Å². The highest BCUT2D eigenvalue weighted by Gasteiger charge is 2.33. The first-order valence-electron chi connectivity index (χ1n) is 5.92. The van der Waals surface area contributed by atoms with Gasteiger partial charge in [-0.3, -0.25) is 4.79 Å². The average Bonchev–Trinajstić information content (AvgIpc) is 2.39. The number of methoxy groups -OCH3 is 1. The van der Waals surface area contributed by atoms with Gasteiger partial charge in [-0.15, -0.1) is 11.8 Å². The van der Waals surface area contributed by atoms with Crippen molar-refractivity contribution in [1.82, 2.24) is 5.32 Å². The number of ether oxygens (including phenoxy) is 1. The molecule has 1 aromatic rings. The number of hydrogen-bond acceptors (Lipinski definition) is 4. The van der Waals surface area contributed by atoms with Crippen LogP contribution in [0, 0.1) is 0 Å². The van der Waals surface area contributed by atoms with Gasteiger partial charge in [0.1, 0.15) is 0 Å². The minimum atomic E-state index is -4.41. The van der Waals surface area contributed by atoms with E-state index in [0.717, 1.165) is 17.8 Å². The summed E-state index contributed by atoms with van der Waals surface area (Å²) in [6.45, 7) is 0.371. The highest BCUT2D eigenvalue weighted by atomic mass is 32.2. The second-order valence-electron chi connectivity index (χ2n) is 4.03. The third-order valence-electron chi connectivity index (χ3n) is 2.52. The minimum absolute atomic E-state index is 0.0801. The van der Waals surface area contributed by atoms with Gasteiger partial charge in [-0.05, 0) is 24.7 Å². The van der Waals surface area contributed by atoms with Gasteiger partial charge in [0.05, 0.1) is 19.1 Å². The number of esters is 1. The van der Waals surface area contributed by atoms with E-state index in [9.17, 15) is 18.0 Å². The Morgan fingerprint density at radius 1 is 1.40 bits per heavy atom. The van der Waals surface area contributed by atoms with Crippen LogP contribution in [0.3, 0.4) is 0 Å². The fraction of sp³-hybridized carbons (Fsp3) is 0.462. The second-order valence-corrected chi connectivity index (χ2v) is 5.17. The Bertz CT molecular complexity index is 463. The Hall–Kier alpha value is -1.21. The number of halogens is 3. The van der Waals surface area contributed by atoms with Crippen molar-refractivity contribution in [2.75, 3.05) is 19.9 Å². The van der Waals surface area contributed by atoms with Gasteiger partial charge < -0.3 is 10.1 Å². The molecule has 3 nitrogen and oxygen atoms in total. The monoisotopic (exact) mass is 307 g/mol. The lowest BCUT2D eigenvalue weighted by Crippen LogP contribution is -2.11. The van der Waals surface area contributed by atoms with Crippen LogP contribution in [0.1, 0.15) is 17.5 Å². The van der Waals surface area contributed by atoms with E-state index in [0.29, 0.717) is 12.1 Å². The fourth-order valence-electron chi connectivity index (χ4n) is 1.58. The highest BCUT2D eigenvalue weighted by molar-refractivity contribution is 7.99. The van der Waals surface area contributed by atoms with Crippen LogP contribution in [-0.4, -0.2) is 25.9 Å². The lowest BCUT2D eigenvalue weighted by molar-refractivity contribution is -0.140. The van der Waals surface area contributed by atoms with Crippen molar-refractivity contribution < 1.29 is 22.7 Å². The van der Waals surface area contributed by atoms with E-state index in [1.165, 1.54) is 13.2 Å². The molecule has 0 amide bonds. The second kappa shape index (κ2) is 7.54. The summed E-state index contributed by atoms with van der Waals surface area (Å²) >= 11 is 1.00. The van der Waals surface area contributed by atoms with Gasteiger partial charge in [-0.1, -0.05) is 6.07 Å². The lowest BCUT2D eigenvalue weighted by Gasteiger charge is -2.14. The molecule has 0 radical (unpaired) electrons. The third-order valence-corrected chi connectivity index (χ3v) is 3.60. The molecule has 1 N–H and O–H groups in total. The van der Waals surface area contributed by atoms with Crippen LogP contribution in [0.15, 0.2) is 23.1 Å². The van der Waals surface area contributed by atoms with Crippen molar-refractivity contribution in [2.24, 2.45) is 0 Å². The van der Waals surface area contributed by atoms with Gasteiger partial charge in [0.25, 0.3) is 0 Å². The molecule has 0 fully saturated rings. The Kier molecular flexibility index (Phi) is 6.35. The molecule has 0 aliphatic rings. The summed E-state index contributed by atoms with van der Waals surface area (Å²) in [6, 6.07) is 4.22. The maximum atomic E-state index is 13.0. The predicted molar refractivity (Wildman–Crippen MR) is 71.6 cm³/mol. The molecule has 0 unspecified atom stereocenters. The summed E-state index contributed by atoms with van der Waals surface area (Å²) in [5.41, 5.74) is -0.0998. The van der Waals surface area contributed by atoms with Gasteiger partial charge >= 0.3 is 12.1 Å². The summed E-state index contributed by atoms with van der Waals surface area (Å²) in [7, 11) is 2.92. The standard InChI is InChI=1S/C13H16F3NO2S/c1-17-8-9-3-4-11(10(7-9)13(14,15)16)20-6-5-12(18)19-2/h3-4,7,17H,5-6,8H2,1-2H3. The number of carbonyl (C=O) groups excluding carboxylic acids is 1. The molecule has 1 aromatic carbocycles. The summed E-state index contributed by atoms with van der Waals surface area (Å²) < 4.78 is 43.4. The SMILES string of the molecule is CNCc1ccc(SCCC(=O)OC)c(C(F)(F)F)c1. The maximum absolute atomic E-state index is 13.0. The molecular weight excluding hydrogens is 291 g/mol. The average molecular weight is 307 g/mol. The van der Waals surface area contributed by atoms with Crippen LogP contribution in [0.4, 0.5) is 13.2 Å². The zero-order chi connectivity index (χ0) is 15.2. The third kappa shape index (κ3) is 5.05. The molecule has 0 spiro atoms. The molecule has 112 valence electrons. The van der Waals surface area contributed by atoms with E-state index in [1.54, 1.807) is 13.1 Å². The van der Waals surface area contributed by atoms with E-state index in [-0.39, 0.29) is 17.1 Å². The first-order valence-corrected chi connectivity index (χ1v) is 6.91. The van der Waals surface area contributed by atoms with Gasteiger partial charge in [-0.2, -0.15) is 13.2 Å². The quantitative estimate of drug-likeness (QED) is 0.647. The van der Waals surface area contributed by atoms with Gasteiger partial charge in [0, 0.05) is 17.2 Å². The molecule has 0 aliphatic heterocycles. The van der Waals surface area contributed by atoms with Crippen molar-refractivity contribution in [2.45, 2.75) is 24.0 Å². The van der Waals surface area contributed by atoms with Crippen molar-refractivity contribution in [3.05, 3.63) is 29.3 Å². The number of hydrogen-bond donors (Lipinski definition) is 1. The van der Waals surface area contributed by atoms with E-state index in [4.69, 9.17) is 0 Å². The lowest BCUT2D eigenvalue weighted by atomic mass is 10.1. The largest absolute Gasteiger partial charge is 0.469 e. The zero-order valence-corrected chi connectivity index (χ0v) is 12.0. The van der Waals surface area contributed by atoms with Crippen LogP contribution in [0.5, 0.6) is 0 Å². The predicted octanol–water partition coefficient (Wildman–Crippen LogP) is 3.08. The summed E-state index contributed by atoms with van der Waals surface area (Å²) in [6.07, 6.45) is -4.33. The maximum Gasteiger partial charge on any atom is 0.417 e. The van der Waals surface area contributed by atoms with E-state index in [1.807, 2.05) is 0 Å². The van der Waals surface area contributed by atoms with Crippen LogP contribution in [0.2, 0.25) is 0 Å². The number of alkyl halides is 3. The number of carbonyl (C=O) groups is 1.